The maximum atomic E-state index is 13.2. The third-order valence-electron chi connectivity index (χ3n) is 1.85. The summed E-state index contributed by atoms with van der Waals surface area (Å²) in [6.07, 6.45) is -2.48. The quantitative estimate of drug-likeness (QED) is 0.642. The van der Waals surface area contributed by atoms with Crippen molar-refractivity contribution in [3.63, 3.8) is 0 Å². The summed E-state index contributed by atoms with van der Waals surface area (Å²) >= 11 is 0. The van der Waals surface area contributed by atoms with Crippen LogP contribution < -0.4 is 0 Å². The van der Waals surface area contributed by atoms with E-state index in [1.165, 1.54) is 0 Å². The molecule has 0 heterocycles. The van der Waals surface area contributed by atoms with Gasteiger partial charge in [-0.3, -0.25) is 0 Å². The lowest BCUT2D eigenvalue weighted by Gasteiger charge is -2.29. The van der Waals surface area contributed by atoms with Crippen molar-refractivity contribution in [2.24, 2.45) is 0 Å². The largest absolute Gasteiger partial charge is 0.319 e. The zero-order valence-corrected chi connectivity index (χ0v) is 7.01. The molecule has 1 aliphatic carbocycles. The van der Waals surface area contributed by atoms with Crippen molar-refractivity contribution < 1.29 is 30.7 Å². The third-order valence-corrected chi connectivity index (χ3v) is 1.85. The lowest BCUT2D eigenvalue weighted by molar-refractivity contribution is -0.119. The predicted molar refractivity (Wildman–Crippen MR) is 36.7 cm³/mol. The maximum absolute atomic E-state index is 13.2. The normalized spacial score (nSPS) is 32.3. The van der Waals surface area contributed by atoms with E-state index in [4.69, 9.17) is 0 Å². The molecule has 1 aliphatic rings. The molecular formula is C8H4F7. The van der Waals surface area contributed by atoms with E-state index >= 15 is 0 Å². The summed E-state index contributed by atoms with van der Waals surface area (Å²) < 4.78 is 87.6. The van der Waals surface area contributed by atoms with Gasteiger partial charge in [0.1, 0.15) is 5.83 Å². The van der Waals surface area contributed by atoms with Crippen LogP contribution in [0, 0.1) is 6.08 Å². The zero-order valence-electron chi connectivity index (χ0n) is 7.01. The Morgan fingerprint density at radius 1 is 1.40 bits per heavy atom. The summed E-state index contributed by atoms with van der Waals surface area (Å²) in [5, 5.41) is 0. The van der Waals surface area contributed by atoms with Crippen LogP contribution in [0.3, 0.4) is 0 Å². The Hall–Kier alpha value is -1.01. The molecule has 0 saturated carbocycles. The van der Waals surface area contributed by atoms with Gasteiger partial charge in [0.25, 0.3) is 0 Å². The number of rotatable bonds is 2. The van der Waals surface area contributed by atoms with E-state index in [0.717, 1.165) is 6.08 Å². The van der Waals surface area contributed by atoms with Gasteiger partial charge in [0.15, 0.2) is 18.7 Å². The standard InChI is InChI=1S/C8H4F7/c9-3-8(14,15)7(13)2-5(11)4(10)1-6(7)12/h2,4H,3H2. The van der Waals surface area contributed by atoms with Crippen molar-refractivity contribution in [3.05, 3.63) is 23.8 Å². The summed E-state index contributed by atoms with van der Waals surface area (Å²) in [4.78, 5) is 0. The first-order valence-corrected chi connectivity index (χ1v) is 3.69. The predicted octanol–water partition coefficient (Wildman–Crippen LogP) is 3.16. The van der Waals surface area contributed by atoms with E-state index in [1.54, 1.807) is 0 Å². The minimum Gasteiger partial charge on any atom is -0.244 e. The fraction of sp³-hybridized carbons (Fsp3) is 0.500. The smallest absolute Gasteiger partial charge is 0.244 e. The SMILES string of the molecule is FCC(F)(F)C1(F)C=C(F)C(F)[C]=C1F. The molecule has 0 bridgehead atoms. The molecule has 7 heteroatoms. The van der Waals surface area contributed by atoms with Crippen LogP contribution in [-0.2, 0) is 0 Å². The lowest BCUT2D eigenvalue weighted by Crippen LogP contribution is -2.47. The Kier molecular flexibility index (Phi) is 2.84. The molecule has 85 valence electrons. The molecule has 0 aromatic heterocycles. The van der Waals surface area contributed by atoms with Crippen LogP contribution in [0.4, 0.5) is 30.7 Å². The molecule has 1 radical (unpaired) electrons. The van der Waals surface area contributed by atoms with E-state index in [1.807, 2.05) is 0 Å². The summed E-state index contributed by atoms with van der Waals surface area (Å²) in [7, 11) is 0. The third kappa shape index (κ3) is 1.74. The summed E-state index contributed by atoms with van der Waals surface area (Å²) in [5.74, 6) is -9.13. The molecule has 2 unspecified atom stereocenters. The molecule has 0 N–H and O–H groups in total. The van der Waals surface area contributed by atoms with Crippen LogP contribution in [0.2, 0.25) is 0 Å². The molecule has 0 spiro atoms. The highest BCUT2D eigenvalue weighted by Crippen LogP contribution is 2.44. The van der Waals surface area contributed by atoms with Crippen molar-refractivity contribution in [1.29, 1.82) is 0 Å². The van der Waals surface area contributed by atoms with Crippen LogP contribution in [0.1, 0.15) is 0 Å². The van der Waals surface area contributed by atoms with Crippen molar-refractivity contribution >= 4 is 0 Å². The second-order valence-electron chi connectivity index (χ2n) is 2.90. The number of hydrogen-bond acceptors (Lipinski definition) is 0. The average molecular weight is 233 g/mol. The van der Waals surface area contributed by atoms with Gasteiger partial charge < -0.3 is 0 Å². The first-order chi connectivity index (χ1) is 6.74. The molecule has 0 fully saturated rings. The van der Waals surface area contributed by atoms with Gasteiger partial charge in [0.05, 0.1) is 0 Å². The second kappa shape index (κ2) is 3.53. The Morgan fingerprint density at radius 2 is 1.93 bits per heavy atom. The van der Waals surface area contributed by atoms with Gasteiger partial charge in [-0.05, 0) is 0 Å². The number of halogens is 7. The first-order valence-electron chi connectivity index (χ1n) is 3.69. The molecule has 0 saturated heterocycles. The average Bonchev–Trinajstić information content (AvgIpc) is 2.14. The molecule has 1 rings (SSSR count). The minimum absolute atomic E-state index is 0.608. The fourth-order valence-corrected chi connectivity index (χ4v) is 0.975. The molecule has 2 atom stereocenters. The number of allylic oxidation sites excluding steroid dienone is 4. The summed E-state index contributed by atoms with van der Waals surface area (Å²) in [5.41, 5.74) is -4.31. The topological polar surface area (TPSA) is 0 Å². The second-order valence-corrected chi connectivity index (χ2v) is 2.90. The van der Waals surface area contributed by atoms with Gasteiger partial charge in [-0.25, -0.2) is 22.0 Å². The van der Waals surface area contributed by atoms with Gasteiger partial charge in [0, 0.05) is 12.2 Å². The van der Waals surface area contributed by atoms with E-state index in [-0.39, 0.29) is 0 Å². The number of alkyl halides is 5. The van der Waals surface area contributed by atoms with E-state index in [9.17, 15) is 30.7 Å². The van der Waals surface area contributed by atoms with Crippen LogP contribution >= 0.6 is 0 Å². The summed E-state index contributed by atoms with van der Waals surface area (Å²) in [6, 6.07) is 0. The monoisotopic (exact) mass is 233 g/mol. The Morgan fingerprint density at radius 3 is 2.40 bits per heavy atom. The van der Waals surface area contributed by atoms with Gasteiger partial charge in [-0.1, -0.05) is 0 Å². The van der Waals surface area contributed by atoms with E-state index < -0.39 is 42.2 Å². The zero-order chi connectivity index (χ0) is 11.9. The van der Waals surface area contributed by atoms with Crippen LogP contribution in [0.5, 0.6) is 0 Å². The lowest BCUT2D eigenvalue weighted by atomic mass is 9.91. The van der Waals surface area contributed by atoms with Gasteiger partial charge in [0.2, 0.25) is 5.67 Å². The fourth-order valence-electron chi connectivity index (χ4n) is 0.975. The molecule has 0 nitrogen and oxygen atoms in total. The molecule has 0 aromatic rings. The minimum atomic E-state index is -4.80. The number of hydrogen-bond donors (Lipinski definition) is 0. The van der Waals surface area contributed by atoms with Crippen LogP contribution in [0.25, 0.3) is 0 Å². The highest BCUT2D eigenvalue weighted by molar-refractivity contribution is 5.32. The van der Waals surface area contributed by atoms with Gasteiger partial charge in [-0.15, -0.1) is 0 Å². The van der Waals surface area contributed by atoms with Crippen LogP contribution in [0.15, 0.2) is 17.7 Å². The Labute approximate surface area is 80.1 Å². The molecule has 0 amide bonds. The van der Waals surface area contributed by atoms with Gasteiger partial charge in [-0.2, -0.15) is 8.78 Å². The molecule has 0 aromatic carbocycles. The van der Waals surface area contributed by atoms with Crippen molar-refractivity contribution in [2.45, 2.75) is 17.8 Å². The first kappa shape index (κ1) is 12.1. The highest BCUT2D eigenvalue weighted by atomic mass is 19.3. The maximum Gasteiger partial charge on any atom is 0.319 e. The Bertz CT molecular complexity index is 319. The van der Waals surface area contributed by atoms with Gasteiger partial charge >= 0.3 is 5.92 Å². The van der Waals surface area contributed by atoms with Crippen molar-refractivity contribution in [3.8, 4) is 0 Å². The molecule has 0 aliphatic heterocycles. The van der Waals surface area contributed by atoms with E-state index in [0.29, 0.717) is 0 Å². The Balaban J connectivity index is 3.20. The van der Waals surface area contributed by atoms with Crippen molar-refractivity contribution in [2.75, 3.05) is 6.67 Å². The van der Waals surface area contributed by atoms with Crippen LogP contribution in [-0.4, -0.2) is 24.4 Å². The molecular weight excluding hydrogens is 229 g/mol. The van der Waals surface area contributed by atoms with E-state index in [2.05, 4.69) is 0 Å². The molecule has 15 heavy (non-hydrogen) atoms. The summed E-state index contributed by atoms with van der Waals surface area (Å²) in [6.45, 7) is -2.54. The van der Waals surface area contributed by atoms with Crippen molar-refractivity contribution in [1.82, 2.24) is 0 Å². The highest BCUT2D eigenvalue weighted by Gasteiger charge is 2.59.